The van der Waals surface area contributed by atoms with E-state index < -0.39 is 33.7 Å². The predicted octanol–water partition coefficient (Wildman–Crippen LogP) is 4.19. The number of piperidine rings is 1. The van der Waals surface area contributed by atoms with Gasteiger partial charge in [-0.15, -0.1) is 11.3 Å². The summed E-state index contributed by atoms with van der Waals surface area (Å²) in [5, 5.41) is 4.16. The van der Waals surface area contributed by atoms with Crippen LogP contribution in [0, 0.1) is 0 Å². The van der Waals surface area contributed by atoms with Crippen molar-refractivity contribution < 1.29 is 26.4 Å². The van der Waals surface area contributed by atoms with Crippen LogP contribution < -0.4 is 10.0 Å². The number of sulfonamides is 1. The molecule has 1 amide bonds. The van der Waals surface area contributed by atoms with Crippen molar-refractivity contribution in [2.24, 2.45) is 0 Å². The summed E-state index contributed by atoms with van der Waals surface area (Å²) < 4.78 is 66.4. The zero-order chi connectivity index (χ0) is 22.8. The second-order valence-corrected chi connectivity index (χ2v) is 10.5. The van der Waals surface area contributed by atoms with Gasteiger partial charge in [0.15, 0.2) is 0 Å². The van der Waals surface area contributed by atoms with Crippen LogP contribution in [-0.2, 0) is 21.0 Å². The fraction of sp³-hybridized carbons (Fsp3) is 0.421. The number of carbonyl (C=O) groups excluding carboxylic acids is 1. The number of thiophene rings is 1. The van der Waals surface area contributed by atoms with Gasteiger partial charge in [0.25, 0.3) is 0 Å². The molecule has 31 heavy (non-hydrogen) atoms. The number of likely N-dealkylation sites (tertiary alicyclic amines) is 1. The number of rotatable bonds is 6. The van der Waals surface area contributed by atoms with Gasteiger partial charge in [-0.3, -0.25) is 9.69 Å². The minimum absolute atomic E-state index is 0.00948. The van der Waals surface area contributed by atoms with E-state index in [0.717, 1.165) is 29.5 Å². The van der Waals surface area contributed by atoms with Gasteiger partial charge < -0.3 is 5.32 Å². The van der Waals surface area contributed by atoms with Crippen molar-refractivity contribution in [2.75, 3.05) is 18.4 Å². The highest BCUT2D eigenvalue weighted by atomic mass is 35.5. The Balaban J connectivity index is 1.57. The minimum atomic E-state index is -4.55. The van der Waals surface area contributed by atoms with Crippen molar-refractivity contribution in [3.63, 3.8) is 0 Å². The SMILES string of the molecule is CC(C(=O)Nc1cc(C(F)(F)F)ccc1Cl)N1CCC(NS(=O)(=O)c2cccs2)CC1. The second kappa shape index (κ2) is 9.45. The predicted molar refractivity (Wildman–Crippen MR) is 114 cm³/mol. The summed E-state index contributed by atoms with van der Waals surface area (Å²) in [6.07, 6.45) is -3.53. The summed E-state index contributed by atoms with van der Waals surface area (Å²) >= 11 is 7.08. The zero-order valence-electron chi connectivity index (χ0n) is 16.4. The van der Waals surface area contributed by atoms with E-state index in [9.17, 15) is 26.4 Å². The number of alkyl halides is 3. The third kappa shape index (κ3) is 5.98. The summed E-state index contributed by atoms with van der Waals surface area (Å²) in [5.74, 6) is -0.487. The van der Waals surface area contributed by atoms with Gasteiger partial charge in [0.2, 0.25) is 15.9 Å². The van der Waals surface area contributed by atoms with Crippen molar-refractivity contribution in [3.05, 3.63) is 46.3 Å². The first-order chi connectivity index (χ1) is 14.5. The Hall–Kier alpha value is -1.66. The Kier molecular flexibility index (Phi) is 7.32. The van der Waals surface area contributed by atoms with Gasteiger partial charge in [-0.05, 0) is 49.4 Å². The van der Waals surface area contributed by atoms with Crippen molar-refractivity contribution in [3.8, 4) is 0 Å². The monoisotopic (exact) mass is 495 g/mol. The average Bonchev–Trinajstić information content (AvgIpc) is 3.24. The van der Waals surface area contributed by atoms with Crippen LogP contribution in [0.3, 0.4) is 0 Å². The lowest BCUT2D eigenvalue weighted by Crippen LogP contribution is -2.50. The zero-order valence-corrected chi connectivity index (χ0v) is 18.8. The molecule has 1 aliphatic rings. The molecule has 1 unspecified atom stereocenters. The summed E-state index contributed by atoms with van der Waals surface area (Å²) in [7, 11) is -3.57. The molecule has 6 nitrogen and oxygen atoms in total. The summed E-state index contributed by atoms with van der Waals surface area (Å²) in [6.45, 7) is 2.57. The van der Waals surface area contributed by atoms with E-state index in [2.05, 4.69) is 10.0 Å². The Morgan fingerprint density at radius 1 is 1.26 bits per heavy atom. The van der Waals surface area contributed by atoms with Gasteiger partial charge in [-0.1, -0.05) is 17.7 Å². The van der Waals surface area contributed by atoms with E-state index in [1.165, 1.54) is 6.07 Å². The van der Waals surface area contributed by atoms with Crippen LogP contribution in [0.1, 0.15) is 25.3 Å². The molecule has 1 saturated heterocycles. The Labute approximate surface area is 187 Å². The number of nitrogens with zero attached hydrogens (tertiary/aromatic N) is 1. The third-order valence-electron chi connectivity index (χ3n) is 5.09. The number of carbonyl (C=O) groups is 1. The maximum Gasteiger partial charge on any atom is 0.416 e. The lowest BCUT2D eigenvalue weighted by molar-refractivity contribution is -0.137. The first-order valence-corrected chi connectivity index (χ1v) is 12.2. The number of hydrogen-bond acceptors (Lipinski definition) is 5. The smallest absolute Gasteiger partial charge is 0.323 e. The molecule has 12 heteroatoms. The maximum atomic E-state index is 12.9. The summed E-state index contributed by atoms with van der Waals surface area (Å²) in [5.41, 5.74) is -1.01. The lowest BCUT2D eigenvalue weighted by Gasteiger charge is -2.35. The van der Waals surface area contributed by atoms with Crippen molar-refractivity contribution in [1.82, 2.24) is 9.62 Å². The molecule has 2 heterocycles. The van der Waals surface area contributed by atoms with Gasteiger partial charge in [0, 0.05) is 19.1 Å². The number of anilines is 1. The topological polar surface area (TPSA) is 78.5 Å². The van der Waals surface area contributed by atoms with E-state index in [1.807, 2.05) is 4.90 Å². The maximum absolute atomic E-state index is 12.9. The molecule has 2 N–H and O–H groups in total. The number of benzene rings is 1. The highest BCUT2D eigenvalue weighted by Crippen LogP contribution is 2.34. The largest absolute Gasteiger partial charge is 0.416 e. The van der Waals surface area contributed by atoms with Gasteiger partial charge >= 0.3 is 6.18 Å². The summed E-state index contributed by atoms with van der Waals surface area (Å²) in [4.78, 5) is 14.4. The van der Waals surface area contributed by atoms with E-state index >= 15 is 0 Å². The van der Waals surface area contributed by atoms with E-state index in [4.69, 9.17) is 11.6 Å². The molecule has 170 valence electrons. The molecule has 1 aromatic heterocycles. The average molecular weight is 496 g/mol. The van der Waals surface area contributed by atoms with E-state index in [-0.39, 0.29) is 21.0 Å². The number of amides is 1. The number of hydrogen-bond donors (Lipinski definition) is 2. The first kappa shape index (κ1) is 24.0. The quantitative estimate of drug-likeness (QED) is 0.630. The van der Waals surface area contributed by atoms with Crippen LogP contribution >= 0.6 is 22.9 Å². The summed E-state index contributed by atoms with van der Waals surface area (Å²) in [6, 6.07) is 5.07. The van der Waals surface area contributed by atoms with E-state index in [1.54, 1.807) is 18.4 Å². The van der Waals surface area contributed by atoms with Crippen LogP contribution in [0.2, 0.25) is 5.02 Å². The van der Waals surface area contributed by atoms with Gasteiger partial charge in [-0.25, -0.2) is 13.1 Å². The van der Waals surface area contributed by atoms with Crippen LogP contribution in [0.5, 0.6) is 0 Å². The molecule has 1 atom stereocenters. The molecular formula is C19H21ClF3N3O3S2. The minimum Gasteiger partial charge on any atom is -0.323 e. The van der Waals surface area contributed by atoms with Crippen molar-refractivity contribution in [2.45, 2.75) is 42.2 Å². The van der Waals surface area contributed by atoms with Crippen LogP contribution in [0.25, 0.3) is 0 Å². The molecule has 0 bridgehead atoms. The van der Waals surface area contributed by atoms with Crippen molar-refractivity contribution >= 4 is 44.6 Å². The number of halogens is 4. The van der Waals surface area contributed by atoms with Crippen molar-refractivity contribution in [1.29, 1.82) is 0 Å². The van der Waals surface area contributed by atoms with Crippen LogP contribution in [0.4, 0.5) is 18.9 Å². The van der Waals surface area contributed by atoms with Gasteiger partial charge in [-0.2, -0.15) is 13.2 Å². The molecule has 0 spiro atoms. The molecular weight excluding hydrogens is 475 g/mol. The van der Waals surface area contributed by atoms with E-state index in [0.29, 0.717) is 25.9 Å². The Morgan fingerprint density at radius 2 is 1.94 bits per heavy atom. The molecule has 0 saturated carbocycles. The van der Waals surface area contributed by atoms with Gasteiger partial charge in [0.1, 0.15) is 4.21 Å². The second-order valence-electron chi connectivity index (χ2n) is 7.22. The highest BCUT2D eigenvalue weighted by Gasteiger charge is 2.32. The molecule has 1 aromatic carbocycles. The fourth-order valence-corrected chi connectivity index (χ4v) is 5.78. The Morgan fingerprint density at radius 3 is 2.52 bits per heavy atom. The lowest BCUT2D eigenvalue weighted by atomic mass is 10.0. The molecule has 1 fully saturated rings. The first-order valence-electron chi connectivity index (χ1n) is 9.45. The molecule has 3 rings (SSSR count). The van der Waals surface area contributed by atoms with Crippen LogP contribution in [-0.4, -0.2) is 44.4 Å². The molecule has 0 radical (unpaired) electrons. The standard InChI is InChI=1S/C19H21ClF3N3O3S2/c1-12(18(27)24-16-11-13(19(21,22)23)4-5-15(16)20)26-8-6-14(7-9-26)25-31(28,29)17-3-2-10-30-17/h2-5,10-12,14,25H,6-9H2,1H3,(H,24,27). The van der Waals surface area contributed by atoms with Crippen LogP contribution in [0.15, 0.2) is 39.9 Å². The Bertz CT molecular complexity index is 1020. The molecule has 1 aliphatic heterocycles. The highest BCUT2D eigenvalue weighted by molar-refractivity contribution is 7.91. The third-order valence-corrected chi connectivity index (χ3v) is 8.34. The molecule has 0 aliphatic carbocycles. The molecule has 2 aromatic rings. The number of nitrogens with one attached hydrogen (secondary N) is 2. The van der Waals surface area contributed by atoms with Gasteiger partial charge in [0.05, 0.1) is 22.3 Å². The normalized spacial score (nSPS) is 17.5. The fourth-order valence-electron chi connectivity index (χ4n) is 3.30.